The summed E-state index contributed by atoms with van der Waals surface area (Å²) < 4.78 is 0. The van der Waals surface area contributed by atoms with Crippen LogP contribution < -0.4 is 11.1 Å². The zero-order chi connectivity index (χ0) is 20.9. The van der Waals surface area contributed by atoms with Crippen molar-refractivity contribution in [1.82, 2.24) is 14.9 Å². The van der Waals surface area contributed by atoms with Gasteiger partial charge in [-0.05, 0) is 23.1 Å². The van der Waals surface area contributed by atoms with Crippen LogP contribution in [0.1, 0.15) is 32.0 Å². The minimum absolute atomic E-state index is 0.0746. The summed E-state index contributed by atoms with van der Waals surface area (Å²) in [4.78, 5) is 22.2. The first-order valence-electron chi connectivity index (χ1n) is 9.82. The van der Waals surface area contributed by atoms with Crippen molar-refractivity contribution in [2.24, 2.45) is 5.73 Å². The summed E-state index contributed by atoms with van der Waals surface area (Å²) >= 11 is 0. The highest BCUT2D eigenvalue weighted by Crippen LogP contribution is 2.23. The van der Waals surface area contributed by atoms with Gasteiger partial charge in [-0.15, -0.1) is 0 Å². The average molecular weight is 392 g/mol. The molecule has 0 atom stereocenters. The van der Waals surface area contributed by atoms with Gasteiger partial charge >= 0.3 is 6.03 Å². The van der Waals surface area contributed by atoms with Gasteiger partial charge in [-0.1, -0.05) is 63.2 Å². The fraction of sp³-hybridized carbons (Fsp3) is 0.304. The number of carbonyl (C=O) groups excluding carboxylic acids is 1. The van der Waals surface area contributed by atoms with Crippen LogP contribution in [-0.4, -0.2) is 34.0 Å². The number of urea groups is 1. The third kappa shape index (κ3) is 5.45. The van der Waals surface area contributed by atoms with E-state index in [9.17, 15) is 4.79 Å². The molecule has 0 aliphatic heterocycles. The molecule has 0 bridgehead atoms. The first-order valence-corrected chi connectivity index (χ1v) is 9.82. The third-order valence-corrected chi connectivity index (χ3v) is 4.73. The molecule has 3 rings (SSSR count). The van der Waals surface area contributed by atoms with E-state index < -0.39 is 0 Å². The largest absolute Gasteiger partial charge is 0.340 e. The number of imidazole rings is 1. The van der Waals surface area contributed by atoms with E-state index in [1.165, 1.54) is 5.56 Å². The Morgan fingerprint density at radius 1 is 1.10 bits per heavy atom. The quantitative estimate of drug-likeness (QED) is 0.583. The van der Waals surface area contributed by atoms with Crippen LogP contribution in [0.5, 0.6) is 0 Å². The van der Waals surface area contributed by atoms with Crippen LogP contribution in [-0.2, 0) is 12.0 Å². The van der Waals surface area contributed by atoms with Gasteiger partial charge < -0.3 is 20.9 Å². The van der Waals surface area contributed by atoms with Crippen molar-refractivity contribution in [1.29, 1.82) is 0 Å². The topological polar surface area (TPSA) is 87.0 Å². The van der Waals surface area contributed by atoms with Crippen molar-refractivity contribution >= 4 is 11.7 Å². The summed E-state index contributed by atoms with van der Waals surface area (Å²) in [7, 11) is 0. The number of H-pyrrole nitrogens is 1. The van der Waals surface area contributed by atoms with E-state index in [4.69, 9.17) is 5.73 Å². The minimum atomic E-state index is -0.185. The lowest BCUT2D eigenvalue weighted by molar-refractivity contribution is 0.210. The van der Waals surface area contributed by atoms with E-state index in [0.717, 1.165) is 22.8 Å². The number of nitrogens with one attached hydrogen (secondary N) is 2. The monoisotopic (exact) mass is 391 g/mol. The number of rotatable bonds is 6. The highest BCUT2D eigenvalue weighted by molar-refractivity contribution is 5.89. The maximum absolute atomic E-state index is 12.8. The van der Waals surface area contributed by atoms with Crippen molar-refractivity contribution in [3.63, 3.8) is 0 Å². The fourth-order valence-electron chi connectivity index (χ4n) is 3.05. The highest BCUT2D eigenvalue weighted by atomic mass is 16.2. The Labute approximate surface area is 172 Å². The molecule has 29 heavy (non-hydrogen) atoms. The number of nitrogens with zero attached hydrogens (tertiary/aromatic N) is 2. The van der Waals surface area contributed by atoms with Crippen LogP contribution in [0, 0.1) is 0 Å². The lowest BCUT2D eigenvalue weighted by Gasteiger charge is -2.23. The first kappa shape index (κ1) is 20.6. The van der Waals surface area contributed by atoms with E-state index in [0.29, 0.717) is 19.6 Å². The summed E-state index contributed by atoms with van der Waals surface area (Å²) in [6, 6.07) is 17.7. The smallest absolute Gasteiger partial charge is 0.322 e. The van der Waals surface area contributed by atoms with Gasteiger partial charge in [0.1, 0.15) is 5.82 Å². The molecule has 1 aromatic heterocycles. The molecule has 1 heterocycles. The molecule has 152 valence electrons. The molecule has 0 aliphatic rings. The Morgan fingerprint density at radius 3 is 2.41 bits per heavy atom. The molecule has 0 spiro atoms. The van der Waals surface area contributed by atoms with Crippen LogP contribution in [0.2, 0.25) is 0 Å². The van der Waals surface area contributed by atoms with E-state index >= 15 is 0 Å². The van der Waals surface area contributed by atoms with Crippen molar-refractivity contribution in [2.75, 3.05) is 18.4 Å². The number of carbonyl (C=O) groups is 1. The Hall–Kier alpha value is -3.12. The number of hydrogen-bond donors (Lipinski definition) is 3. The van der Waals surface area contributed by atoms with Crippen molar-refractivity contribution < 1.29 is 4.79 Å². The zero-order valence-corrected chi connectivity index (χ0v) is 17.3. The Balaban J connectivity index is 1.68. The summed E-state index contributed by atoms with van der Waals surface area (Å²) in [5.41, 5.74) is 9.66. The second-order valence-corrected chi connectivity index (χ2v) is 8.09. The number of aromatic amines is 1. The maximum Gasteiger partial charge on any atom is 0.322 e. The molecule has 3 aromatic rings. The number of aromatic nitrogens is 2. The molecular weight excluding hydrogens is 362 g/mol. The van der Waals surface area contributed by atoms with Crippen LogP contribution >= 0.6 is 0 Å². The number of anilines is 1. The second kappa shape index (κ2) is 8.92. The molecule has 6 nitrogen and oxygen atoms in total. The van der Waals surface area contributed by atoms with Gasteiger partial charge in [0, 0.05) is 24.3 Å². The standard InChI is InChI=1S/C23H29N5O/c1-23(2,3)18-9-11-19(12-10-18)27-22(29)28(14-13-24)16-20-15-25-21(26-20)17-7-5-4-6-8-17/h4-12,15H,13-14,16,24H2,1-3H3,(H,25,26)(H,27,29). The summed E-state index contributed by atoms with van der Waals surface area (Å²) in [6.07, 6.45) is 1.76. The molecule has 6 heteroatoms. The molecule has 2 aromatic carbocycles. The van der Waals surface area contributed by atoms with Gasteiger partial charge in [0.25, 0.3) is 0 Å². The summed E-state index contributed by atoms with van der Waals surface area (Å²) in [5, 5.41) is 2.96. The SMILES string of the molecule is CC(C)(C)c1ccc(NC(=O)N(CCN)Cc2cnc(-c3ccccc3)[nH]2)cc1. The predicted octanol–water partition coefficient (Wildman–Crippen LogP) is 4.37. The third-order valence-electron chi connectivity index (χ3n) is 4.73. The summed E-state index contributed by atoms with van der Waals surface area (Å²) in [6.45, 7) is 7.73. The van der Waals surface area contributed by atoms with Crippen LogP contribution in [0.4, 0.5) is 10.5 Å². The lowest BCUT2D eigenvalue weighted by Crippen LogP contribution is -2.38. The number of hydrogen-bond acceptors (Lipinski definition) is 3. The number of nitrogens with two attached hydrogens (primary N) is 1. The van der Waals surface area contributed by atoms with Gasteiger partial charge in [-0.25, -0.2) is 9.78 Å². The van der Waals surface area contributed by atoms with Crippen LogP contribution in [0.3, 0.4) is 0 Å². The minimum Gasteiger partial charge on any atom is -0.340 e. The van der Waals surface area contributed by atoms with Gasteiger partial charge in [-0.2, -0.15) is 0 Å². The Bertz CT molecular complexity index is 926. The average Bonchev–Trinajstić information content (AvgIpc) is 3.17. The van der Waals surface area contributed by atoms with E-state index in [1.54, 1.807) is 11.1 Å². The molecule has 0 fully saturated rings. The van der Waals surface area contributed by atoms with E-state index in [1.807, 2.05) is 54.6 Å². The Morgan fingerprint density at radius 2 is 1.79 bits per heavy atom. The van der Waals surface area contributed by atoms with Crippen molar-refractivity contribution in [3.8, 4) is 11.4 Å². The molecule has 0 radical (unpaired) electrons. The Kier molecular flexibility index (Phi) is 6.34. The number of benzene rings is 2. The maximum atomic E-state index is 12.8. The van der Waals surface area contributed by atoms with Gasteiger partial charge in [-0.3, -0.25) is 0 Å². The summed E-state index contributed by atoms with van der Waals surface area (Å²) in [5.74, 6) is 0.784. The molecular formula is C23H29N5O. The van der Waals surface area contributed by atoms with Gasteiger partial charge in [0.2, 0.25) is 0 Å². The molecule has 0 aliphatic carbocycles. The molecule has 2 amide bonds. The lowest BCUT2D eigenvalue weighted by atomic mass is 9.87. The zero-order valence-electron chi connectivity index (χ0n) is 17.3. The van der Waals surface area contributed by atoms with Crippen molar-refractivity contribution in [2.45, 2.75) is 32.7 Å². The van der Waals surface area contributed by atoms with Gasteiger partial charge in [0.05, 0.1) is 18.4 Å². The van der Waals surface area contributed by atoms with Gasteiger partial charge in [0.15, 0.2) is 0 Å². The number of amides is 2. The molecule has 0 saturated carbocycles. The van der Waals surface area contributed by atoms with Crippen LogP contribution in [0.25, 0.3) is 11.4 Å². The first-order chi connectivity index (χ1) is 13.9. The van der Waals surface area contributed by atoms with Crippen LogP contribution in [0.15, 0.2) is 60.8 Å². The highest BCUT2D eigenvalue weighted by Gasteiger charge is 2.17. The molecule has 0 unspecified atom stereocenters. The normalized spacial score (nSPS) is 11.3. The molecule has 4 N–H and O–H groups in total. The van der Waals surface area contributed by atoms with E-state index in [-0.39, 0.29) is 11.4 Å². The second-order valence-electron chi connectivity index (χ2n) is 8.09. The van der Waals surface area contributed by atoms with E-state index in [2.05, 4.69) is 36.1 Å². The molecule has 0 saturated heterocycles. The fourth-order valence-corrected chi connectivity index (χ4v) is 3.05. The van der Waals surface area contributed by atoms with Crippen molar-refractivity contribution in [3.05, 3.63) is 72.1 Å². The predicted molar refractivity (Wildman–Crippen MR) is 118 cm³/mol.